The highest BCUT2D eigenvalue weighted by Crippen LogP contribution is 2.38. The molecule has 2 rings (SSSR count). The maximum absolute atomic E-state index is 6.09. The summed E-state index contributed by atoms with van der Waals surface area (Å²) in [5.74, 6) is 1.63. The lowest BCUT2D eigenvalue weighted by Crippen LogP contribution is -2.30. The van der Waals surface area contributed by atoms with E-state index in [9.17, 15) is 0 Å². The number of hydrogen-bond donors (Lipinski definition) is 1. The number of rotatable bonds is 6. The second-order valence-corrected chi connectivity index (χ2v) is 6.15. The van der Waals surface area contributed by atoms with Crippen LogP contribution in [0.4, 0.5) is 0 Å². The number of ether oxygens (including phenoxy) is 1. The molecule has 0 spiro atoms. The van der Waals surface area contributed by atoms with Crippen LogP contribution in [0.2, 0.25) is 5.02 Å². The molecule has 3 heteroatoms. The first kappa shape index (κ1) is 15.7. The van der Waals surface area contributed by atoms with Crippen molar-refractivity contribution >= 4 is 11.6 Å². The molecular formula is C17H26ClNO. The van der Waals surface area contributed by atoms with Gasteiger partial charge in [-0.05, 0) is 43.9 Å². The van der Waals surface area contributed by atoms with Gasteiger partial charge in [0.25, 0.3) is 0 Å². The third-order valence-corrected chi connectivity index (χ3v) is 4.50. The molecule has 0 saturated heterocycles. The van der Waals surface area contributed by atoms with E-state index in [1.165, 1.54) is 37.7 Å². The second kappa shape index (κ2) is 7.90. The van der Waals surface area contributed by atoms with Gasteiger partial charge in [0.2, 0.25) is 0 Å². The van der Waals surface area contributed by atoms with Crippen molar-refractivity contribution in [2.24, 2.45) is 5.92 Å². The van der Waals surface area contributed by atoms with E-state index < -0.39 is 0 Å². The van der Waals surface area contributed by atoms with Gasteiger partial charge in [-0.1, -0.05) is 43.9 Å². The van der Waals surface area contributed by atoms with Crippen LogP contribution in [0.15, 0.2) is 18.2 Å². The first-order chi connectivity index (χ1) is 9.76. The van der Waals surface area contributed by atoms with Gasteiger partial charge in [-0.15, -0.1) is 0 Å². The molecule has 1 aromatic rings. The van der Waals surface area contributed by atoms with E-state index >= 15 is 0 Å². The standard InChI is InChI=1S/C17H26ClNO/c1-3-11-19-17(13-7-5-4-6-8-13)15-10-9-14(18)12-16(15)20-2/h9-10,12-13,17,19H,3-8,11H2,1-2H3. The van der Waals surface area contributed by atoms with Crippen LogP contribution in [-0.2, 0) is 0 Å². The average Bonchev–Trinajstić information content (AvgIpc) is 2.49. The Kier molecular flexibility index (Phi) is 6.18. The SMILES string of the molecule is CCCNC(c1ccc(Cl)cc1OC)C1CCCCC1. The van der Waals surface area contributed by atoms with Gasteiger partial charge in [0.05, 0.1) is 7.11 Å². The quantitative estimate of drug-likeness (QED) is 0.800. The van der Waals surface area contributed by atoms with Crippen molar-refractivity contribution < 1.29 is 4.74 Å². The Labute approximate surface area is 127 Å². The van der Waals surface area contributed by atoms with E-state index in [0.29, 0.717) is 12.0 Å². The van der Waals surface area contributed by atoms with Crippen molar-refractivity contribution in [2.75, 3.05) is 13.7 Å². The molecule has 1 fully saturated rings. The molecule has 112 valence electrons. The maximum atomic E-state index is 6.09. The smallest absolute Gasteiger partial charge is 0.125 e. The summed E-state index contributed by atoms with van der Waals surface area (Å²) in [4.78, 5) is 0. The van der Waals surface area contributed by atoms with Gasteiger partial charge < -0.3 is 10.1 Å². The molecule has 20 heavy (non-hydrogen) atoms. The van der Waals surface area contributed by atoms with E-state index in [-0.39, 0.29) is 0 Å². The summed E-state index contributed by atoms with van der Waals surface area (Å²) in [5, 5.41) is 4.47. The van der Waals surface area contributed by atoms with Crippen LogP contribution in [0.25, 0.3) is 0 Å². The van der Waals surface area contributed by atoms with Crippen LogP contribution < -0.4 is 10.1 Å². The second-order valence-electron chi connectivity index (χ2n) is 5.72. The molecular weight excluding hydrogens is 270 g/mol. The number of methoxy groups -OCH3 is 1. The fourth-order valence-corrected chi connectivity index (χ4v) is 3.40. The third-order valence-electron chi connectivity index (χ3n) is 4.27. The molecule has 0 radical (unpaired) electrons. The Morgan fingerprint density at radius 3 is 2.70 bits per heavy atom. The summed E-state index contributed by atoms with van der Waals surface area (Å²) >= 11 is 6.09. The molecule has 1 unspecified atom stereocenters. The highest BCUT2D eigenvalue weighted by molar-refractivity contribution is 6.30. The minimum atomic E-state index is 0.391. The van der Waals surface area contributed by atoms with Gasteiger partial charge in [0.15, 0.2) is 0 Å². The van der Waals surface area contributed by atoms with Gasteiger partial charge in [0, 0.05) is 16.6 Å². The molecule has 0 heterocycles. The van der Waals surface area contributed by atoms with Gasteiger partial charge in [-0.25, -0.2) is 0 Å². The zero-order valence-corrected chi connectivity index (χ0v) is 13.4. The summed E-state index contributed by atoms with van der Waals surface area (Å²) < 4.78 is 5.55. The predicted octanol–water partition coefficient (Wildman–Crippen LogP) is 4.97. The monoisotopic (exact) mass is 295 g/mol. The van der Waals surface area contributed by atoms with Gasteiger partial charge in [-0.2, -0.15) is 0 Å². The molecule has 0 aliphatic heterocycles. The molecule has 1 N–H and O–H groups in total. The average molecular weight is 296 g/mol. The highest BCUT2D eigenvalue weighted by Gasteiger charge is 2.26. The van der Waals surface area contributed by atoms with E-state index in [1.807, 2.05) is 12.1 Å². The van der Waals surface area contributed by atoms with Crippen LogP contribution >= 0.6 is 11.6 Å². The van der Waals surface area contributed by atoms with Crippen molar-refractivity contribution in [3.8, 4) is 5.75 Å². The molecule has 0 aromatic heterocycles. The Hall–Kier alpha value is -0.730. The molecule has 1 atom stereocenters. The Balaban J connectivity index is 2.24. The van der Waals surface area contributed by atoms with Crippen LogP contribution in [0.3, 0.4) is 0 Å². The topological polar surface area (TPSA) is 21.3 Å². The van der Waals surface area contributed by atoms with Crippen LogP contribution in [0.1, 0.15) is 57.1 Å². The van der Waals surface area contributed by atoms with Gasteiger partial charge in [0.1, 0.15) is 5.75 Å². The van der Waals surface area contributed by atoms with Crippen LogP contribution in [0.5, 0.6) is 5.75 Å². The first-order valence-corrected chi connectivity index (χ1v) is 8.21. The molecule has 1 aliphatic carbocycles. The van der Waals surface area contributed by atoms with E-state index in [2.05, 4.69) is 18.3 Å². The van der Waals surface area contributed by atoms with Crippen LogP contribution in [0, 0.1) is 5.92 Å². The Morgan fingerprint density at radius 1 is 1.30 bits per heavy atom. The molecule has 1 aromatic carbocycles. The number of benzene rings is 1. The van der Waals surface area contributed by atoms with E-state index in [0.717, 1.165) is 23.7 Å². The van der Waals surface area contributed by atoms with Gasteiger partial charge >= 0.3 is 0 Å². The fraction of sp³-hybridized carbons (Fsp3) is 0.647. The Morgan fingerprint density at radius 2 is 2.05 bits per heavy atom. The predicted molar refractivity (Wildman–Crippen MR) is 85.6 cm³/mol. The van der Waals surface area contributed by atoms with Crippen molar-refractivity contribution in [3.05, 3.63) is 28.8 Å². The zero-order valence-electron chi connectivity index (χ0n) is 12.6. The summed E-state index contributed by atoms with van der Waals surface area (Å²) in [5.41, 5.74) is 1.26. The number of hydrogen-bond acceptors (Lipinski definition) is 2. The van der Waals surface area contributed by atoms with Crippen molar-refractivity contribution in [3.63, 3.8) is 0 Å². The fourth-order valence-electron chi connectivity index (χ4n) is 3.24. The van der Waals surface area contributed by atoms with Crippen LogP contribution in [-0.4, -0.2) is 13.7 Å². The van der Waals surface area contributed by atoms with Crippen molar-refractivity contribution in [1.29, 1.82) is 0 Å². The number of halogens is 1. The summed E-state index contributed by atoms with van der Waals surface area (Å²) in [6.45, 7) is 3.26. The van der Waals surface area contributed by atoms with Crippen molar-refractivity contribution in [2.45, 2.75) is 51.5 Å². The van der Waals surface area contributed by atoms with E-state index in [4.69, 9.17) is 16.3 Å². The lowest BCUT2D eigenvalue weighted by atomic mass is 9.81. The summed E-state index contributed by atoms with van der Waals surface area (Å²) in [7, 11) is 1.73. The lowest BCUT2D eigenvalue weighted by molar-refractivity contribution is 0.266. The minimum Gasteiger partial charge on any atom is -0.496 e. The maximum Gasteiger partial charge on any atom is 0.125 e. The molecule has 0 amide bonds. The molecule has 1 saturated carbocycles. The largest absolute Gasteiger partial charge is 0.496 e. The molecule has 2 nitrogen and oxygen atoms in total. The normalized spacial score (nSPS) is 17.9. The zero-order chi connectivity index (χ0) is 14.4. The summed E-state index contributed by atoms with van der Waals surface area (Å²) in [6.07, 6.45) is 7.87. The van der Waals surface area contributed by atoms with E-state index in [1.54, 1.807) is 7.11 Å². The molecule has 1 aliphatic rings. The third kappa shape index (κ3) is 3.89. The Bertz CT molecular complexity index is 415. The lowest BCUT2D eigenvalue weighted by Gasteiger charge is -2.32. The number of nitrogens with one attached hydrogen (secondary N) is 1. The van der Waals surface area contributed by atoms with Gasteiger partial charge in [-0.3, -0.25) is 0 Å². The van der Waals surface area contributed by atoms with Crippen molar-refractivity contribution in [1.82, 2.24) is 5.32 Å². The summed E-state index contributed by atoms with van der Waals surface area (Å²) in [6, 6.07) is 6.43. The highest BCUT2D eigenvalue weighted by atomic mass is 35.5. The molecule has 0 bridgehead atoms. The first-order valence-electron chi connectivity index (χ1n) is 7.83. The minimum absolute atomic E-state index is 0.391.